The Morgan fingerprint density at radius 3 is 2.37 bits per heavy atom. The predicted molar refractivity (Wildman–Crippen MR) is 74.6 cm³/mol. The second kappa shape index (κ2) is 7.26. The molecule has 1 aromatic carbocycles. The number of hydrogen-bond acceptors (Lipinski definition) is 4. The van der Waals surface area contributed by atoms with Gasteiger partial charge in [0.2, 0.25) is 0 Å². The molecule has 0 radical (unpaired) electrons. The number of carbonyl (C=O) groups excluding carboxylic acids is 1. The van der Waals surface area contributed by atoms with E-state index in [2.05, 4.69) is 13.8 Å². The standard InChI is InChI=1S/C15H23NO3/c1-4-19-15(18)13(16)14(17)12-7-5-11(6-8-12)9-10(2)3/h5-8,10,13-14,17H,4,9,16H2,1-3H3. The maximum absolute atomic E-state index is 11.5. The average molecular weight is 265 g/mol. The van der Waals surface area contributed by atoms with E-state index < -0.39 is 18.1 Å². The first kappa shape index (κ1) is 15.7. The van der Waals surface area contributed by atoms with Crippen LogP contribution in [0.4, 0.5) is 0 Å². The third kappa shape index (κ3) is 4.65. The highest BCUT2D eigenvalue weighted by Crippen LogP contribution is 2.18. The van der Waals surface area contributed by atoms with E-state index in [1.54, 1.807) is 6.92 Å². The van der Waals surface area contributed by atoms with Crippen molar-refractivity contribution in [2.75, 3.05) is 6.61 Å². The summed E-state index contributed by atoms with van der Waals surface area (Å²) in [6.07, 6.45) is -0.0486. The van der Waals surface area contributed by atoms with Crippen LogP contribution in [0.1, 0.15) is 38.0 Å². The minimum absolute atomic E-state index is 0.257. The normalized spacial score (nSPS) is 14.2. The summed E-state index contributed by atoms with van der Waals surface area (Å²) in [5, 5.41) is 10.0. The molecule has 0 heterocycles. The quantitative estimate of drug-likeness (QED) is 0.769. The lowest BCUT2D eigenvalue weighted by Crippen LogP contribution is -2.38. The Kier molecular flexibility index (Phi) is 5.99. The van der Waals surface area contributed by atoms with Gasteiger partial charge in [-0.25, -0.2) is 0 Å². The van der Waals surface area contributed by atoms with Crippen molar-refractivity contribution >= 4 is 5.97 Å². The lowest BCUT2D eigenvalue weighted by atomic mass is 9.98. The number of rotatable bonds is 6. The van der Waals surface area contributed by atoms with Crippen LogP contribution in [0, 0.1) is 5.92 Å². The fourth-order valence-electron chi connectivity index (χ4n) is 1.90. The Labute approximate surface area is 114 Å². The first-order valence-electron chi connectivity index (χ1n) is 6.64. The van der Waals surface area contributed by atoms with Crippen molar-refractivity contribution in [1.82, 2.24) is 0 Å². The molecular weight excluding hydrogens is 242 g/mol. The van der Waals surface area contributed by atoms with Crippen molar-refractivity contribution < 1.29 is 14.6 Å². The van der Waals surface area contributed by atoms with Crippen LogP contribution >= 0.6 is 0 Å². The molecule has 3 N–H and O–H groups in total. The predicted octanol–water partition coefficient (Wildman–Crippen LogP) is 1.81. The topological polar surface area (TPSA) is 72.5 Å². The van der Waals surface area contributed by atoms with Gasteiger partial charge in [0, 0.05) is 0 Å². The molecule has 1 rings (SSSR count). The summed E-state index contributed by atoms with van der Waals surface area (Å²) < 4.78 is 4.80. The summed E-state index contributed by atoms with van der Waals surface area (Å²) in [6, 6.07) is 6.48. The number of aliphatic hydroxyl groups is 1. The van der Waals surface area contributed by atoms with Crippen molar-refractivity contribution in [3.8, 4) is 0 Å². The molecule has 1 aromatic rings. The lowest BCUT2D eigenvalue weighted by molar-refractivity contribution is -0.147. The van der Waals surface area contributed by atoms with E-state index in [0.29, 0.717) is 11.5 Å². The molecule has 0 fully saturated rings. The first-order chi connectivity index (χ1) is 8.95. The van der Waals surface area contributed by atoms with Crippen LogP contribution in [0.2, 0.25) is 0 Å². The van der Waals surface area contributed by atoms with Gasteiger partial charge < -0.3 is 15.6 Å². The van der Waals surface area contributed by atoms with Gasteiger partial charge in [0.1, 0.15) is 12.1 Å². The molecule has 0 saturated heterocycles. The molecule has 0 aliphatic rings. The van der Waals surface area contributed by atoms with E-state index in [1.807, 2.05) is 24.3 Å². The van der Waals surface area contributed by atoms with Crippen LogP contribution in [0.5, 0.6) is 0 Å². The highest BCUT2D eigenvalue weighted by Gasteiger charge is 2.25. The van der Waals surface area contributed by atoms with E-state index >= 15 is 0 Å². The molecule has 0 spiro atoms. The van der Waals surface area contributed by atoms with Gasteiger partial charge in [-0.1, -0.05) is 38.1 Å². The van der Waals surface area contributed by atoms with E-state index in [4.69, 9.17) is 10.5 Å². The van der Waals surface area contributed by atoms with E-state index in [1.165, 1.54) is 5.56 Å². The summed E-state index contributed by atoms with van der Waals surface area (Å²) in [5.74, 6) is -0.00109. The fourth-order valence-corrected chi connectivity index (χ4v) is 1.90. The van der Waals surface area contributed by atoms with Crippen LogP contribution in [0.3, 0.4) is 0 Å². The number of ether oxygens (including phenoxy) is 1. The van der Waals surface area contributed by atoms with Crippen molar-refractivity contribution in [1.29, 1.82) is 0 Å². The molecule has 0 saturated carbocycles. The Hall–Kier alpha value is -1.39. The highest BCUT2D eigenvalue weighted by molar-refractivity contribution is 5.76. The zero-order valence-electron chi connectivity index (χ0n) is 11.8. The molecule has 2 unspecified atom stereocenters. The van der Waals surface area contributed by atoms with Crippen molar-refractivity contribution in [2.45, 2.75) is 39.3 Å². The van der Waals surface area contributed by atoms with Crippen LogP contribution in [-0.4, -0.2) is 23.7 Å². The molecule has 0 aromatic heterocycles. The zero-order valence-corrected chi connectivity index (χ0v) is 11.8. The molecule has 0 aliphatic carbocycles. The third-order valence-electron chi connectivity index (χ3n) is 2.86. The molecule has 0 amide bonds. The Morgan fingerprint density at radius 1 is 1.32 bits per heavy atom. The monoisotopic (exact) mass is 265 g/mol. The first-order valence-corrected chi connectivity index (χ1v) is 6.64. The summed E-state index contributed by atoms with van der Waals surface area (Å²) in [5.41, 5.74) is 7.51. The van der Waals surface area contributed by atoms with Crippen molar-refractivity contribution in [3.63, 3.8) is 0 Å². The Balaban J connectivity index is 2.71. The third-order valence-corrected chi connectivity index (χ3v) is 2.86. The van der Waals surface area contributed by atoms with Gasteiger partial charge >= 0.3 is 5.97 Å². The molecule has 4 heteroatoms. The Morgan fingerprint density at radius 2 is 1.89 bits per heavy atom. The fraction of sp³-hybridized carbons (Fsp3) is 0.533. The average Bonchev–Trinajstić information content (AvgIpc) is 2.37. The number of benzene rings is 1. The summed E-state index contributed by atoms with van der Waals surface area (Å²) in [6.45, 7) is 6.27. The number of nitrogens with two attached hydrogens (primary N) is 1. The summed E-state index contributed by atoms with van der Waals surface area (Å²) in [4.78, 5) is 11.5. The molecule has 0 bridgehead atoms. The van der Waals surface area contributed by atoms with Crippen LogP contribution < -0.4 is 5.73 Å². The largest absolute Gasteiger partial charge is 0.465 e. The minimum Gasteiger partial charge on any atom is -0.465 e. The zero-order chi connectivity index (χ0) is 14.4. The maximum Gasteiger partial charge on any atom is 0.325 e. The molecule has 0 aliphatic heterocycles. The van der Waals surface area contributed by atoms with Crippen LogP contribution in [0.15, 0.2) is 24.3 Å². The smallest absolute Gasteiger partial charge is 0.325 e. The molecule has 19 heavy (non-hydrogen) atoms. The van der Waals surface area contributed by atoms with Crippen LogP contribution in [-0.2, 0) is 16.0 Å². The van der Waals surface area contributed by atoms with Crippen molar-refractivity contribution in [2.24, 2.45) is 11.7 Å². The van der Waals surface area contributed by atoms with Gasteiger partial charge in [-0.15, -0.1) is 0 Å². The van der Waals surface area contributed by atoms with Crippen LogP contribution in [0.25, 0.3) is 0 Å². The second-order valence-electron chi connectivity index (χ2n) is 5.06. The molecular formula is C15H23NO3. The number of aliphatic hydroxyl groups excluding tert-OH is 1. The summed E-state index contributed by atoms with van der Waals surface area (Å²) in [7, 11) is 0. The molecule has 4 nitrogen and oxygen atoms in total. The lowest BCUT2D eigenvalue weighted by Gasteiger charge is -2.18. The van der Waals surface area contributed by atoms with Gasteiger partial charge in [0.15, 0.2) is 0 Å². The number of esters is 1. The van der Waals surface area contributed by atoms with Gasteiger partial charge in [0.05, 0.1) is 6.61 Å². The van der Waals surface area contributed by atoms with E-state index in [-0.39, 0.29) is 6.61 Å². The Bertz CT molecular complexity index is 400. The summed E-state index contributed by atoms with van der Waals surface area (Å²) >= 11 is 0. The minimum atomic E-state index is -1.05. The second-order valence-corrected chi connectivity index (χ2v) is 5.06. The number of carbonyl (C=O) groups is 1. The van der Waals surface area contributed by atoms with Crippen molar-refractivity contribution in [3.05, 3.63) is 35.4 Å². The molecule has 106 valence electrons. The highest BCUT2D eigenvalue weighted by atomic mass is 16.5. The van der Waals surface area contributed by atoms with Gasteiger partial charge in [-0.05, 0) is 30.4 Å². The van der Waals surface area contributed by atoms with E-state index in [0.717, 1.165) is 6.42 Å². The van der Waals surface area contributed by atoms with Gasteiger partial charge in [-0.2, -0.15) is 0 Å². The molecule has 2 atom stereocenters. The SMILES string of the molecule is CCOC(=O)C(N)C(O)c1ccc(CC(C)C)cc1. The number of hydrogen-bond donors (Lipinski definition) is 2. The maximum atomic E-state index is 11.5. The van der Waals surface area contributed by atoms with Gasteiger partial charge in [0.25, 0.3) is 0 Å². The van der Waals surface area contributed by atoms with Gasteiger partial charge in [-0.3, -0.25) is 4.79 Å². The van der Waals surface area contributed by atoms with E-state index in [9.17, 15) is 9.90 Å².